The van der Waals surface area contributed by atoms with Crippen LogP contribution in [0.2, 0.25) is 0 Å². The van der Waals surface area contributed by atoms with Gasteiger partial charge in [0.05, 0.1) is 6.04 Å². The number of aromatic nitrogens is 2. The van der Waals surface area contributed by atoms with Crippen LogP contribution in [-0.4, -0.2) is 33.0 Å². The number of amides is 1. The summed E-state index contributed by atoms with van der Waals surface area (Å²) in [5.74, 6) is 1.10. The molecule has 7 nitrogen and oxygen atoms in total. The van der Waals surface area contributed by atoms with Gasteiger partial charge in [-0.15, -0.1) is 0 Å². The predicted octanol–water partition coefficient (Wildman–Crippen LogP) is 2.28. The van der Waals surface area contributed by atoms with Gasteiger partial charge in [-0.3, -0.25) is 0 Å². The number of nitrogens with zero attached hydrogens (tertiary/aromatic N) is 2. The molecule has 0 aliphatic heterocycles. The zero-order valence-electron chi connectivity index (χ0n) is 12.9. The van der Waals surface area contributed by atoms with E-state index < -0.39 is 23.8 Å². The van der Waals surface area contributed by atoms with E-state index in [2.05, 4.69) is 15.5 Å². The molecule has 118 valence electrons. The highest BCUT2D eigenvalue weighted by atomic mass is 16.6. The number of alkyl carbamates (subject to hydrolysis) is 1. The van der Waals surface area contributed by atoms with Gasteiger partial charge in [0.25, 0.3) is 0 Å². The molecular weight excluding hydrogens is 274 g/mol. The summed E-state index contributed by atoms with van der Waals surface area (Å²) < 4.78 is 10.3. The molecule has 0 saturated heterocycles. The maximum absolute atomic E-state index is 11.8. The minimum Gasteiger partial charge on any atom is -0.444 e. The Morgan fingerprint density at radius 3 is 2.71 bits per heavy atom. The maximum Gasteiger partial charge on any atom is 0.407 e. The minimum atomic E-state index is -1.02. The van der Waals surface area contributed by atoms with Gasteiger partial charge in [0.1, 0.15) is 11.7 Å². The van der Waals surface area contributed by atoms with Gasteiger partial charge in [0, 0.05) is 5.92 Å². The van der Waals surface area contributed by atoms with E-state index in [0.717, 1.165) is 12.8 Å². The summed E-state index contributed by atoms with van der Waals surface area (Å²) in [5, 5.41) is 16.7. The first-order valence-electron chi connectivity index (χ1n) is 7.31. The topological polar surface area (TPSA) is 97.5 Å². The molecule has 1 saturated carbocycles. The van der Waals surface area contributed by atoms with Crippen molar-refractivity contribution in [1.82, 2.24) is 15.5 Å². The van der Waals surface area contributed by atoms with E-state index in [4.69, 9.17) is 9.26 Å². The summed E-state index contributed by atoms with van der Waals surface area (Å²) in [6.07, 6.45) is 1.03. The Morgan fingerprint density at radius 1 is 1.52 bits per heavy atom. The van der Waals surface area contributed by atoms with E-state index in [-0.39, 0.29) is 5.82 Å². The van der Waals surface area contributed by atoms with Crippen LogP contribution in [0, 0.1) is 0 Å². The molecule has 1 amide bonds. The Hall–Kier alpha value is -1.63. The summed E-state index contributed by atoms with van der Waals surface area (Å²) in [5.41, 5.74) is -0.585. The summed E-state index contributed by atoms with van der Waals surface area (Å²) in [7, 11) is 0. The van der Waals surface area contributed by atoms with Gasteiger partial charge in [-0.2, -0.15) is 4.98 Å². The van der Waals surface area contributed by atoms with Crippen molar-refractivity contribution in [2.45, 2.75) is 70.6 Å². The van der Waals surface area contributed by atoms with Crippen molar-refractivity contribution < 1.29 is 19.2 Å². The molecular formula is C14H23N3O4. The third kappa shape index (κ3) is 4.42. The summed E-state index contributed by atoms with van der Waals surface area (Å²) in [4.78, 5) is 16.0. The minimum absolute atomic E-state index is 0.208. The smallest absolute Gasteiger partial charge is 0.407 e. The fraction of sp³-hybridized carbons (Fsp3) is 0.786. The number of ether oxygens (including phenoxy) is 1. The van der Waals surface area contributed by atoms with E-state index in [0.29, 0.717) is 18.2 Å². The lowest BCUT2D eigenvalue weighted by Gasteiger charge is -2.24. The molecule has 2 atom stereocenters. The van der Waals surface area contributed by atoms with Crippen molar-refractivity contribution >= 4 is 6.09 Å². The van der Waals surface area contributed by atoms with Crippen LogP contribution in [0.1, 0.15) is 70.7 Å². The standard InChI is InChI=1S/C14H23N3O4/c1-5-9(15-13(19)20-14(2,3)4)10(18)11-16-12(21-17-11)8-6-7-8/h8-10,18H,5-7H2,1-4H3,(H,15,19). The van der Waals surface area contributed by atoms with Crippen LogP contribution in [0.15, 0.2) is 4.52 Å². The molecule has 2 rings (SSSR count). The molecule has 1 aliphatic carbocycles. The van der Waals surface area contributed by atoms with E-state index in [1.807, 2.05) is 6.92 Å². The number of aliphatic hydroxyl groups excluding tert-OH is 1. The molecule has 0 bridgehead atoms. The Balaban J connectivity index is 1.96. The lowest BCUT2D eigenvalue weighted by Crippen LogP contribution is -2.42. The van der Waals surface area contributed by atoms with Crippen molar-refractivity contribution in [1.29, 1.82) is 0 Å². The molecule has 7 heteroatoms. The number of carbonyl (C=O) groups is 1. The molecule has 0 aromatic carbocycles. The first-order chi connectivity index (χ1) is 9.80. The monoisotopic (exact) mass is 297 g/mol. The number of carbonyl (C=O) groups excluding carboxylic acids is 1. The molecule has 1 heterocycles. The summed E-state index contributed by atoms with van der Waals surface area (Å²) >= 11 is 0. The third-order valence-electron chi connectivity index (χ3n) is 3.17. The number of nitrogens with one attached hydrogen (secondary N) is 1. The van der Waals surface area contributed by atoms with Crippen molar-refractivity contribution in [2.24, 2.45) is 0 Å². The Kier molecular flexibility index (Phi) is 4.51. The second-order valence-electron chi connectivity index (χ2n) is 6.37. The van der Waals surface area contributed by atoms with Crippen LogP contribution in [0.4, 0.5) is 4.79 Å². The van der Waals surface area contributed by atoms with Gasteiger partial charge in [0.2, 0.25) is 11.7 Å². The van der Waals surface area contributed by atoms with Crippen LogP contribution < -0.4 is 5.32 Å². The van der Waals surface area contributed by atoms with Crippen LogP contribution in [0.25, 0.3) is 0 Å². The number of rotatable bonds is 5. The molecule has 1 aromatic heterocycles. The Morgan fingerprint density at radius 2 is 2.19 bits per heavy atom. The van der Waals surface area contributed by atoms with Crippen LogP contribution in [0.3, 0.4) is 0 Å². The second-order valence-corrected chi connectivity index (χ2v) is 6.37. The van der Waals surface area contributed by atoms with Crippen molar-refractivity contribution in [3.05, 3.63) is 11.7 Å². The van der Waals surface area contributed by atoms with E-state index in [9.17, 15) is 9.90 Å². The molecule has 21 heavy (non-hydrogen) atoms. The van der Waals surface area contributed by atoms with E-state index in [1.165, 1.54) is 0 Å². The highest BCUT2D eigenvalue weighted by Gasteiger charge is 2.32. The molecule has 0 radical (unpaired) electrons. The quantitative estimate of drug-likeness (QED) is 0.865. The number of hydrogen-bond donors (Lipinski definition) is 2. The van der Waals surface area contributed by atoms with Crippen molar-refractivity contribution in [3.63, 3.8) is 0 Å². The van der Waals surface area contributed by atoms with Gasteiger partial charge in [-0.05, 0) is 40.0 Å². The van der Waals surface area contributed by atoms with Gasteiger partial charge in [-0.1, -0.05) is 12.1 Å². The molecule has 2 N–H and O–H groups in total. The normalized spacial score (nSPS) is 18.1. The van der Waals surface area contributed by atoms with Crippen LogP contribution >= 0.6 is 0 Å². The fourth-order valence-corrected chi connectivity index (χ4v) is 1.91. The zero-order chi connectivity index (χ0) is 15.6. The average molecular weight is 297 g/mol. The lowest BCUT2D eigenvalue weighted by atomic mass is 10.1. The highest BCUT2D eigenvalue weighted by molar-refractivity contribution is 5.68. The van der Waals surface area contributed by atoms with Gasteiger partial charge < -0.3 is 19.7 Å². The first kappa shape index (κ1) is 15.8. The largest absolute Gasteiger partial charge is 0.444 e. The molecule has 1 aliphatic rings. The van der Waals surface area contributed by atoms with Gasteiger partial charge in [0.15, 0.2) is 0 Å². The van der Waals surface area contributed by atoms with E-state index >= 15 is 0 Å². The zero-order valence-corrected chi connectivity index (χ0v) is 12.9. The molecule has 1 aromatic rings. The molecule has 2 unspecified atom stereocenters. The third-order valence-corrected chi connectivity index (χ3v) is 3.17. The molecule has 0 spiro atoms. The van der Waals surface area contributed by atoms with Crippen molar-refractivity contribution in [2.75, 3.05) is 0 Å². The van der Waals surface area contributed by atoms with Crippen LogP contribution in [-0.2, 0) is 4.74 Å². The highest BCUT2D eigenvalue weighted by Crippen LogP contribution is 2.39. The number of aliphatic hydroxyl groups is 1. The molecule has 1 fully saturated rings. The summed E-state index contributed by atoms with van der Waals surface area (Å²) in [6.45, 7) is 7.20. The fourth-order valence-electron chi connectivity index (χ4n) is 1.91. The Bertz CT molecular complexity index is 491. The lowest BCUT2D eigenvalue weighted by molar-refractivity contribution is 0.0406. The second kappa shape index (κ2) is 6.01. The summed E-state index contributed by atoms with van der Waals surface area (Å²) in [6, 6.07) is -0.524. The average Bonchev–Trinajstić information content (AvgIpc) is 3.11. The van der Waals surface area contributed by atoms with Crippen LogP contribution in [0.5, 0.6) is 0 Å². The van der Waals surface area contributed by atoms with E-state index in [1.54, 1.807) is 20.8 Å². The maximum atomic E-state index is 11.8. The SMILES string of the molecule is CCC(NC(=O)OC(C)(C)C)C(O)c1noc(C2CC2)n1. The first-order valence-corrected chi connectivity index (χ1v) is 7.31. The Labute approximate surface area is 124 Å². The van der Waals surface area contributed by atoms with Crippen molar-refractivity contribution in [3.8, 4) is 0 Å². The van der Waals surface area contributed by atoms with Gasteiger partial charge >= 0.3 is 6.09 Å². The number of hydrogen-bond acceptors (Lipinski definition) is 6. The predicted molar refractivity (Wildman–Crippen MR) is 74.7 cm³/mol. The van der Waals surface area contributed by atoms with Gasteiger partial charge in [-0.25, -0.2) is 4.79 Å².